The molecule has 5 heteroatoms. The third-order valence-corrected chi connectivity index (χ3v) is 6.23. The summed E-state index contributed by atoms with van der Waals surface area (Å²) in [5.41, 5.74) is 1.46. The minimum Gasteiger partial charge on any atom is -0.342 e. The second-order valence-corrected chi connectivity index (χ2v) is 8.02. The largest absolute Gasteiger partial charge is 0.342 e. The van der Waals surface area contributed by atoms with Crippen molar-refractivity contribution in [1.82, 2.24) is 14.8 Å². The molecular weight excluding hydrogens is 314 g/mol. The Balaban J connectivity index is 1.34. The van der Waals surface area contributed by atoms with Gasteiger partial charge in [0.15, 0.2) is 0 Å². The minimum atomic E-state index is 0.229. The number of aromatic nitrogens is 1. The van der Waals surface area contributed by atoms with Gasteiger partial charge in [-0.1, -0.05) is 0 Å². The highest BCUT2D eigenvalue weighted by Crippen LogP contribution is 2.41. The summed E-state index contributed by atoms with van der Waals surface area (Å²) in [5, 5.41) is 0. The lowest BCUT2D eigenvalue weighted by Gasteiger charge is -2.47. The maximum Gasteiger partial charge on any atom is 0.225 e. The summed E-state index contributed by atoms with van der Waals surface area (Å²) < 4.78 is 0. The molecule has 134 valence electrons. The van der Waals surface area contributed by atoms with Gasteiger partial charge in [0.05, 0.1) is 0 Å². The number of hydrogen-bond acceptors (Lipinski definition) is 3. The van der Waals surface area contributed by atoms with Gasteiger partial charge in [-0.3, -0.25) is 14.6 Å². The van der Waals surface area contributed by atoms with Crippen LogP contribution in [0.4, 0.5) is 0 Å². The van der Waals surface area contributed by atoms with Crippen molar-refractivity contribution in [2.75, 3.05) is 26.2 Å². The first-order chi connectivity index (χ1) is 12.2. The molecule has 1 aromatic heterocycles. The first-order valence-electron chi connectivity index (χ1n) is 9.61. The zero-order valence-electron chi connectivity index (χ0n) is 14.8. The van der Waals surface area contributed by atoms with Crippen LogP contribution >= 0.6 is 0 Å². The molecule has 2 amide bonds. The predicted molar refractivity (Wildman–Crippen MR) is 94.7 cm³/mol. The molecule has 0 atom stereocenters. The molecule has 3 aliphatic rings. The highest BCUT2D eigenvalue weighted by Gasteiger charge is 2.43. The third-order valence-electron chi connectivity index (χ3n) is 6.23. The molecule has 25 heavy (non-hydrogen) atoms. The standard InChI is InChI=1S/C20H27N3O2/c24-18-3-7-20(8-13-22(14-9-20)19(25)17-1-2-17)15-23(18)12-6-16-4-10-21-11-5-16/h4-5,10-11,17H,1-3,6-9,12-15H2. The van der Waals surface area contributed by atoms with Crippen molar-refractivity contribution in [3.8, 4) is 0 Å². The fraction of sp³-hybridized carbons (Fsp3) is 0.650. The summed E-state index contributed by atoms with van der Waals surface area (Å²) in [7, 11) is 0. The van der Waals surface area contributed by atoms with Crippen molar-refractivity contribution in [3.63, 3.8) is 0 Å². The normalized spacial score (nSPS) is 23.1. The van der Waals surface area contributed by atoms with Gasteiger partial charge in [-0.05, 0) is 61.6 Å². The number of likely N-dealkylation sites (tertiary alicyclic amines) is 2. The number of nitrogens with zero attached hydrogens (tertiary/aromatic N) is 3. The van der Waals surface area contributed by atoms with E-state index in [2.05, 4.69) is 14.8 Å². The number of piperidine rings is 2. The molecule has 1 saturated carbocycles. The summed E-state index contributed by atoms with van der Waals surface area (Å²) in [6.45, 7) is 3.40. The predicted octanol–water partition coefficient (Wildman–Crippen LogP) is 2.27. The summed E-state index contributed by atoms with van der Waals surface area (Å²) in [6.07, 6.45) is 10.4. The number of amides is 2. The van der Waals surface area contributed by atoms with Gasteiger partial charge < -0.3 is 9.80 Å². The number of carbonyl (C=O) groups is 2. The van der Waals surface area contributed by atoms with Crippen LogP contribution in [0.3, 0.4) is 0 Å². The van der Waals surface area contributed by atoms with Crippen LogP contribution in [-0.4, -0.2) is 52.8 Å². The van der Waals surface area contributed by atoms with Crippen LogP contribution in [0.1, 0.15) is 44.1 Å². The van der Waals surface area contributed by atoms with Gasteiger partial charge in [0.2, 0.25) is 11.8 Å². The average Bonchev–Trinajstić information content (AvgIpc) is 3.49. The van der Waals surface area contributed by atoms with Crippen LogP contribution in [0, 0.1) is 11.3 Å². The van der Waals surface area contributed by atoms with Crippen LogP contribution in [0.25, 0.3) is 0 Å². The van der Waals surface area contributed by atoms with Gasteiger partial charge in [-0.2, -0.15) is 0 Å². The molecule has 1 spiro atoms. The Hall–Kier alpha value is -1.91. The number of pyridine rings is 1. The van der Waals surface area contributed by atoms with E-state index in [0.717, 1.165) is 64.7 Å². The van der Waals surface area contributed by atoms with Crippen molar-refractivity contribution >= 4 is 11.8 Å². The summed E-state index contributed by atoms with van der Waals surface area (Å²) >= 11 is 0. The van der Waals surface area contributed by atoms with Gasteiger partial charge in [0.25, 0.3) is 0 Å². The van der Waals surface area contributed by atoms with E-state index in [0.29, 0.717) is 18.2 Å². The van der Waals surface area contributed by atoms with E-state index in [1.165, 1.54) is 5.56 Å². The number of hydrogen-bond donors (Lipinski definition) is 0. The van der Waals surface area contributed by atoms with Crippen molar-refractivity contribution in [1.29, 1.82) is 0 Å². The van der Waals surface area contributed by atoms with E-state index in [9.17, 15) is 9.59 Å². The second kappa shape index (κ2) is 6.77. The first-order valence-corrected chi connectivity index (χ1v) is 9.61. The number of rotatable bonds is 4. The summed E-state index contributed by atoms with van der Waals surface area (Å²) in [6, 6.07) is 4.04. The molecule has 0 bridgehead atoms. The van der Waals surface area contributed by atoms with Crippen molar-refractivity contribution in [3.05, 3.63) is 30.1 Å². The quantitative estimate of drug-likeness (QED) is 0.844. The minimum absolute atomic E-state index is 0.229. The molecule has 1 aromatic rings. The fourth-order valence-electron chi connectivity index (χ4n) is 4.32. The Morgan fingerprint density at radius 2 is 1.88 bits per heavy atom. The lowest BCUT2D eigenvalue weighted by atomic mass is 9.72. The van der Waals surface area contributed by atoms with E-state index in [1.807, 2.05) is 12.1 Å². The highest BCUT2D eigenvalue weighted by atomic mass is 16.2. The van der Waals surface area contributed by atoms with Gasteiger partial charge in [0, 0.05) is 50.9 Å². The van der Waals surface area contributed by atoms with Gasteiger partial charge in [-0.15, -0.1) is 0 Å². The Morgan fingerprint density at radius 1 is 1.16 bits per heavy atom. The van der Waals surface area contributed by atoms with Crippen LogP contribution in [0.5, 0.6) is 0 Å². The van der Waals surface area contributed by atoms with Crippen LogP contribution in [0.15, 0.2) is 24.5 Å². The Labute approximate surface area is 149 Å². The Bertz CT molecular complexity index is 634. The molecule has 3 heterocycles. The molecule has 0 aromatic carbocycles. The molecule has 2 saturated heterocycles. The van der Waals surface area contributed by atoms with Gasteiger partial charge in [0.1, 0.15) is 0 Å². The van der Waals surface area contributed by atoms with E-state index in [4.69, 9.17) is 0 Å². The first kappa shape index (κ1) is 16.6. The van der Waals surface area contributed by atoms with E-state index >= 15 is 0 Å². The zero-order valence-corrected chi connectivity index (χ0v) is 14.8. The second-order valence-electron chi connectivity index (χ2n) is 8.02. The average molecular weight is 341 g/mol. The topological polar surface area (TPSA) is 53.5 Å². The Morgan fingerprint density at radius 3 is 2.56 bits per heavy atom. The molecule has 3 fully saturated rings. The van der Waals surface area contributed by atoms with Crippen LogP contribution < -0.4 is 0 Å². The third kappa shape index (κ3) is 3.70. The smallest absolute Gasteiger partial charge is 0.225 e. The SMILES string of the molecule is O=C1CCC2(CCN(C(=O)C3CC3)CC2)CN1CCc1ccncc1. The monoisotopic (exact) mass is 341 g/mol. The molecule has 0 N–H and O–H groups in total. The van der Waals surface area contributed by atoms with Crippen LogP contribution in [0.2, 0.25) is 0 Å². The van der Waals surface area contributed by atoms with E-state index in [1.54, 1.807) is 12.4 Å². The lowest BCUT2D eigenvalue weighted by molar-refractivity contribution is -0.142. The maximum atomic E-state index is 12.4. The number of carbonyl (C=O) groups excluding carboxylic acids is 2. The lowest BCUT2D eigenvalue weighted by Crippen LogP contribution is -2.52. The molecule has 1 aliphatic carbocycles. The molecular formula is C20H27N3O2. The summed E-state index contributed by atoms with van der Waals surface area (Å²) in [5.74, 6) is 0.978. The van der Waals surface area contributed by atoms with Crippen LogP contribution in [-0.2, 0) is 16.0 Å². The van der Waals surface area contributed by atoms with E-state index < -0.39 is 0 Å². The van der Waals surface area contributed by atoms with Crippen molar-refractivity contribution < 1.29 is 9.59 Å². The van der Waals surface area contributed by atoms with Gasteiger partial charge >= 0.3 is 0 Å². The zero-order chi connectivity index (χ0) is 17.3. The van der Waals surface area contributed by atoms with Crippen molar-refractivity contribution in [2.45, 2.75) is 44.9 Å². The molecule has 0 unspecified atom stereocenters. The maximum absolute atomic E-state index is 12.4. The molecule has 2 aliphatic heterocycles. The molecule has 0 radical (unpaired) electrons. The Kier molecular flexibility index (Phi) is 4.48. The van der Waals surface area contributed by atoms with E-state index in [-0.39, 0.29) is 11.3 Å². The molecule has 5 nitrogen and oxygen atoms in total. The summed E-state index contributed by atoms with van der Waals surface area (Å²) in [4.78, 5) is 32.8. The van der Waals surface area contributed by atoms with Gasteiger partial charge in [-0.25, -0.2) is 0 Å². The molecule has 4 rings (SSSR count). The van der Waals surface area contributed by atoms with Crippen molar-refractivity contribution in [2.24, 2.45) is 11.3 Å². The fourth-order valence-corrected chi connectivity index (χ4v) is 4.32. The highest BCUT2D eigenvalue weighted by molar-refractivity contribution is 5.81.